The van der Waals surface area contributed by atoms with Crippen LogP contribution in [0.15, 0.2) is 18.2 Å². The summed E-state index contributed by atoms with van der Waals surface area (Å²) in [6, 6.07) is 5.24. The second kappa shape index (κ2) is 5.07. The van der Waals surface area contributed by atoms with Crippen LogP contribution in [0.2, 0.25) is 0 Å². The van der Waals surface area contributed by atoms with Gasteiger partial charge in [0, 0.05) is 6.07 Å². The number of hydrogen-bond donors (Lipinski definition) is 2. The summed E-state index contributed by atoms with van der Waals surface area (Å²) in [5, 5.41) is 0. The van der Waals surface area contributed by atoms with E-state index in [1.54, 1.807) is 18.2 Å². The van der Waals surface area contributed by atoms with Crippen molar-refractivity contribution in [2.75, 3.05) is 24.7 Å². The third kappa shape index (κ3) is 4.40. The Hall–Kier alpha value is -1.42. The van der Waals surface area contributed by atoms with Crippen LogP contribution in [0.5, 0.6) is 5.75 Å². The largest absolute Gasteiger partial charge is 0.491 e. The molecule has 0 aromatic heterocycles. The van der Waals surface area contributed by atoms with Crippen LogP contribution in [0.1, 0.15) is 20.8 Å². The third-order valence-electron chi connectivity index (χ3n) is 1.95. The van der Waals surface area contributed by atoms with Gasteiger partial charge in [0.1, 0.15) is 12.4 Å². The maximum absolute atomic E-state index is 5.66. The molecule has 4 N–H and O–H groups in total. The molecule has 0 aliphatic rings. The van der Waals surface area contributed by atoms with E-state index in [2.05, 4.69) is 0 Å². The molecule has 4 heteroatoms. The predicted molar refractivity (Wildman–Crippen MR) is 66.5 cm³/mol. The SMILES string of the molecule is CC(C)(C)OCCOc1ccc(N)c(N)c1. The van der Waals surface area contributed by atoms with E-state index < -0.39 is 0 Å². The van der Waals surface area contributed by atoms with Gasteiger partial charge in [-0.25, -0.2) is 0 Å². The van der Waals surface area contributed by atoms with E-state index in [0.29, 0.717) is 30.3 Å². The Kier molecular flexibility index (Phi) is 4.01. The fourth-order valence-corrected chi connectivity index (χ4v) is 1.15. The molecule has 0 radical (unpaired) electrons. The van der Waals surface area contributed by atoms with Gasteiger partial charge >= 0.3 is 0 Å². The van der Waals surface area contributed by atoms with Crippen LogP contribution < -0.4 is 16.2 Å². The van der Waals surface area contributed by atoms with Crippen LogP contribution in [-0.2, 0) is 4.74 Å². The number of nitrogen functional groups attached to an aromatic ring is 2. The zero-order valence-corrected chi connectivity index (χ0v) is 10.1. The lowest BCUT2D eigenvalue weighted by Crippen LogP contribution is -2.22. The van der Waals surface area contributed by atoms with Crippen molar-refractivity contribution in [2.45, 2.75) is 26.4 Å². The van der Waals surface area contributed by atoms with Crippen LogP contribution in [0.3, 0.4) is 0 Å². The van der Waals surface area contributed by atoms with Crippen LogP contribution in [0.4, 0.5) is 11.4 Å². The Labute approximate surface area is 96.5 Å². The van der Waals surface area contributed by atoms with Crippen molar-refractivity contribution in [1.82, 2.24) is 0 Å². The number of ether oxygens (including phenoxy) is 2. The molecule has 0 fully saturated rings. The normalized spacial score (nSPS) is 11.4. The second-order valence-electron chi connectivity index (χ2n) is 4.60. The minimum Gasteiger partial charge on any atom is -0.491 e. The van der Waals surface area contributed by atoms with Gasteiger partial charge in [0.25, 0.3) is 0 Å². The Morgan fingerprint density at radius 3 is 2.31 bits per heavy atom. The van der Waals surface area contributed by atoms with E-state index in [9.17, 15) is 0 Å². The standard InChI is InChI=1S/C12H20N2O2/c1-12(2,3)16-7-6-15-9-4-5-10(13)11(14)8-9/h4-5,8H,6-7,13-14H2,1-3H3. The van der Waals surface area contributed by atoms with Crippen molar-refractivity contribution in [3.8, 4) is 5.75 Å². The molecule has 4 nitrogen and oxygen atoms in total. The number of rotatable bonds is 4. The smallest absolute Gasteiger partial charge is 0.121 e. The first-order valence-electron chi connectivity index (χ1n) is 5.30. The fraction of sp³-hybridized carbons (Fsp3) is 0.500. The van der Waals surface area contributed by atoms with E-state index in [0.717, 1.165) is 0 Å². The van der Waals surface area contributed by atoms with E-state index in [4.69, 9.17) is 20.9 Å². The van der Waals surface area contributed by atoms with Crippen LogP contribution in [-0.4, -0.2) is 18.8 Å². The van der Waals surface area contributed by atoms with Gasteiger partial charge < -0.3 is 20.9 Å². The summed E-state index contributed by atoms with van der Waals surface area (Å²) in [7, 11) is 0. The van der Waals surface area contributed by atoms with Crippen molar-refractivity contribution in [3.05, 3.63) is 18.2 Å². The molecule has 1 aromatic carbocycles. The van der Waals surface area contributed by atoms with Crippen molar-refractivity contribution in [1.29, 1.82) is 0 Å². The average Bonchev–Trinajstić information content (AvgIpc) is 2.17. The van der Waals surface area contributed by atoms with Gasteiger partial charge in [0.2, 0.25) is 0 Å². The van der Waals surface area contributed by atoms with Gasteiger partial charge in [0.05, 0.1) is 23.6 Å². The average molecular weight is 224 g/mol. The first-order chi connectivity index (χ1) is 7.38. The molecule has 0 saturated heterocycles. The van der Waals surface area contributed by atoms with Gasteiger partial charge in [-0.1, -0.05) is 0 Å². The molecule has 1 aromatic rings. The zero-order chi connectivity index (χ0) is 12.2. The minimum absolute atomic E-state index is 0.135. The maximum atomic E-state index is 5.66. The first kappa shape index (κ1) is 12.6. The Morgan fingerprint density at radius 1 is 1.06 bits per heavy atom. The highest BCUT2D eigenvalue weighted by atomic mass is 16.5. The monoisotopic (exact) mass is 224 g/mol. The topological polar surface area (TPSA) is 70.5 Å². The summed E-state index contributed by atoms with van der Waals surface area (Å²) in [6.07, 6.45) is 0. The number of benzene rings is 1. The molecule has 0 atom stereocenters. The molecule has 16 heavy (non-hydrogen) atoms. The van der Waals surface area contributed by atoms with Crippen molar-refractivity contribution in [2.24, 2.45) is 0 Å². The molecule has 0 aliphatic carbocycles. The summed E-state index contributed by atoms with van der Waals surface area (Å²) in [5.41, 5.74) is 12.2. The quantitative estimate of drug-likeness (QED) is 0.606. The first-order valence-corrected chi connectivity index (χ1v) is 5.30. The van der Waals surface area contributed by atoms with Gasteiger partial charge in [-0.2, -0.15) is 0 Å². The lowest BCUT2D eigenvalue weighted by atomic mass is 10.2. The summed E-state index contributed by atoms with van der Waals surface area (Å²) in [4.78, 5) is 0. The van der Waals surface area contributed by atoms with E-state index in [-0.39, 0.29) is 5.60 Å². The highest BCUT2D eigenvalue weighted by molar-refractivity contribution is 5.65. The van der Waals surface area contributed by atoms with E-state index in [1.807, 2.05) is 20.8 Å². The molecule has 0 heterocycles. The molecule has 0 bridgehead atoms. The van der Waals surface area contributed by atoms with Gasteiger partial charge in [-0.05, 0) is 32.9 Å². The molecule has 1 rings (SSSR count). The van der Waals surface area contributed by atoms with E-state index in [1.165, 1.54) is 0 Å². The molecular formula is C12H20N2O2. The van der Waals surface area contributed by atoms with Crippen molar-refractivity contribution < 1.29 is 9.47 Å². The van der Waals surface area contributed by atoms with Crippen LogP contribution >= 0.6 is 0 Å². The minimum atomic E-state index is -0.135. The van der Waals surface area contributed by atoms with E-state index >= 15 is 0 Å². The molecule has 0 spiro atoms. The highest BCUT2D eigenvalue weighted by Crippen LogP contribution is 2.21. The molecule has 0 saturated carbocycles. The Morgan fingerprint density at radius 2 is 1.75 bits per heavy atom. The molecule has 0 unspecified atom stereocenters. The lowest BCUT2D eigenvalue weighted by Gasteiger charge is -2.19. The number of anilines is 2. The third-order valence-corrected chi connectivity index (χ3v) is 1.95. The predicted octanol–water partition coefficient (Wildman–Crippen LogP) is 2.04. The lowest BCUT2D eigenvalue weighted by molar-refractivity contribution is -0.0162. The molecular weight excluding hydrogens is 204 g/mol. The van der Waals surface area contributed by atoms with Gasteiger partial charge in [-0.15, -0.1) is 0 Å². The Bertz CT molecular complexity index is 345. The summed E-state index contributed by atoms with van der Waals surface area (Å²) < 4.78 is 11.0. The summed E-state index contributed by atoms with van der Waals surface area (Å²) in [5.74, 6) is 0.712. The van der Waals surface area contributed by atoms with Gasteiger partial charge in [-0.3, -0.25) is 0 Å². The highest BCUT2D eigenvalue weighted by Gasteiger charge is 2.09. The van der Waals surface area contributed by atoms with Crippen LogP contribution in [0, 0.1) is 0 Å². The maximum Gasteiger partial charge on any atom is 0.121 e. The molecule has 0 aliphatic heterocycles. The summed E-state index contributed by atoms with van der Waals surface area (Å²) >= 11 is 0. The number of hydrogen-bond acceptors (Lipinski definition) is 4. The molecule has 90 valence electrons. The number of nitrogens with two attached hydrogens (primary N) is 2. The second-order valence-corrected chi connectivity index (χ2v) is 4.60. The Balaban J connectivity index is 2.35. The van der Waals surface area contributed by atoms with Gasteiger partial charge in [0.15, 0.2) is 0 Å². The van der Waals surface area contributed by atoms with Crippen molar-refractivity contribution >= 4 is 11.4 Å². The molecule has 0 amide bonds. The van der Waals surface area contributed by atoms with Crippen LogP contribution in [0.25, 0.3) is 0 Å². The zero-order valence-electron chi connectivity index (χ0n) is 10.1. The summed E-state index contributed by atoms with van der Waals surface area (Å²) in [6.45, 7) is 7.07. The fourth-order valence-electron chi connectivity index (χ4n) is 1.15. The van der Waals surface area contributed by atoms with Crippen molar-refractivity contribution in [3.63, 3.8) is 0 Å².